The van der Waals surface area contributed by atoms with Crippen LogP contribution in [0.5, 0.6) is 11.5 Å². The predicted octanol–water partition coefficient (Wildman–Crippen LogP) is 1.70. The summed E-state index contributed by atoms with van der Waals surface area (Å²) in [5, 5.41) is 2.89. The summed E-state index contributed by atoms with van der Waals surface area (Å²) in [5.74, 6) is 1.73. The predicted molar refractivity (Wildman–Crippen MR) is 86.3 cm³/mol. The second-order valence-electron chi connectivity index (χ2n) is 5.59. The van der Waals surface area contributed by atoms with Gasteiger partial charge in [0, 0.05) is 37.0 Å². The summed E-state index contributed by atoms with van der Waals surface area (Å²) in [5.41, 5.74) is 0.761. The maximum Gasteiger partial charge on any atom is 0.229 e. The van der Waals surface area contributed by atoms with Gasteiger partial charge in [-0.25, -0.2) is 0 Å². The first-order valence-electron chi connectivity index (χ1n) is 7.72. The summed E-state index contributed by atoms with van der Waals surface area (Å²) in [6, 6.07) is 5.29. The maximum absolute atomic E-state index is 12.2. The SMILES string of the molecule is O=C(CCCCl)N[C@@H]1CC(=O)N(c2ccc3c(c2)OCCO3)C1. The lowest BCUT2D eigenvalue weighted by Gasteiger charge is -2.22. The van der Waals surface area contributed by atoms with Crippen LogP contribution in [0.2, 0.25) is 0 Å². The van der Waals surface area contributed by atoms with Crippen LogP contribution >= 0.6 is 11.6 Å². The van der Waals surface area contributed by atoms with Crippen molar-refractivity contribution in [1.29, 1.82) is 0 Å². The number of carbonyl (C=O) groups is 2. The third-order valence-electron chi connectivity index (χ3n) is 3.87. The third-order valence-corrected chi connectivity index (χ3v) is 4.13. The second kappa shape index (κ2) is 7.08. The summed E-state index contributed by atoms with van der Waals surface area (Å²) in [7, 11) is 0. The largest absolute Gasteiger partial charge is 0.486 e. The fraction of sp³-hybridized carbons (Fsp3) is 0.500. The van der Waals surface area contributed by atoms with E-state index in [0.29, 0.717) is 56.4 Å². The molecule has 0 bridgehead atoms. The first kappa shape index (κ1) is 15.9. The van der Waals surface area contributed by atoms with E-state index in [2.05, 4.69) is 5.32 Å². The molecular formula is C16H19ClN2O4. The molecular weight excluding hydrogens is 320 g/mol. The fourth-order valence-electron chi connectivity index (χ4n) is 2.78. The first-order valence-corrected chi connectivity index (χ1v) is 8.26. The number of nitrogens with one attached hydrogen (secondary N) is 1. The molecule has 1 aromatic rings. The van der Waals surface area contributed by atoms with E-state index >= 15 is 0 Å². The van der Waals surface area contributed by atoms with E-state index in [1.165, 1.54) is 0 Å². The Bertz CT molecular complexity index is 608. The van der Waals surface area contributed by atoms with Gasteiger partial charge < -0.3 is 19.7 Å². The van der Waals surface area contributed by atoms with Gasteiger partial charge in [-0.2, -0.15) is 0 Å². The van der Waals surface area contributed by atoms with E-state index in [4.69, 9.17) is 21.1 Å². The zero-order valence-corrected chi connectivity index (χ0v) is 13.5. The van der Waals surface area contributed by atoms with Crippen LogP contribution in [0.25, 0.3) is 0 Å². The van der Waals surface area contributed by atoms with Crippen LogP contribution in [-0.2, 0) is 9.59 Å². The number of hydrogen-bond donors (Lipinski definition) is 1. The normalized spacial score (nSPS) is 19.8. The van der Waals surface area contributed by atoms with E-state index in [1.807, 2.05) is 18.2 Å². The van der Waals surface area contributed by atoms with Crippen LogP contribution in [0.4, 0.5) is 5.69 Å². The molecule has 0 saturated carbocycles. The second-order valence-corrected chi connectivity index (χ2v) is 5.97. The van der Waals surface area contributed by atoms with Crippen LogP contribution in [0.1, 0.15) is 19.3 Å². The molecule has 1 atom stereocenters. The molecule has 0 aliphatic carbocycles. The Morgan fingerprint density at radius 2 is 2.09 bits per heavy atom. The number of ether oxygens (including phenoxy) is 2. The minimum absolute atomic E-state index is 0.00989. The van der Waals surface area contributed by atoms with E-state index in [-0.39, 0.29) is 17.9 Å². The Kier molecular flexibility index (Phi) is 4.91. The molecule has 6 nitrogen and oxygen atoms in total. The van der Waals surface area contributed by atoms with Gasteiger partial charge in [0.25, 0.3) is 0 Å². The van der Waals surface area contributed by atoms with Crippen molar-refractivity contribution in [3.05, 3.63) is 18.2 Å². The molecule has 7 heteroatoms. The number of nitrogens with zero attached hydrogens (tertiary/aromatic N) is 1. The summed E-state index contributed by atoms with van der Waals surface area (Å²) in [4.78, 5) is 25.7. The highest BCUT2D eigenvalue weighted by Gasteiger charge is 2.32. The number of fused-ring (bicyclic) bond motifs is 1. The highest BCUT2D eigenvalue weighted by molar-refractivity contribution is 6.17. The molecule has 2 aliphatic rings. The van der Waals surface area contributed by atoms with Gasteiger partial charge in [-0.15, -0.1) is 11.6 Å². The molecule has 23 heavy (non-hydrogen) atoms. The molecule has 2 aliphatic heterocycles. The maximum atomic E-state index is 12.2. The molecule has 1 fully saturated rings. The molecule has 0 aromatic heterocycles. The summed E-state index contributed by atoms with van der Waals surface area (Å²) in [6.07, 6.45) is 1.33. The molecule has 3 rings (SSSR count). The number of rotatable bonds is 5. The number of carbonyl (C=O) groups excluding carboxylic acids is 2. The molecule has 2 amide bonds. The number of hydrogen-bond acceptors (Lipinski definition) is 4. The third kappa shape index (κ3) is 3.69. The number of halogens is 1. The van der Waals surface area contributed by atoms with Crippen molar-refractivity contribution in [3.8, 4) is 11.5 Å². The van der Waals surface area contributed by atoms with Gasteiger partial charge >= 0.3 is 0 Å². The zero-order chi connectivity index (χ0) is 16.2. The van der Waals surface area contributed by atoms with Gasteiger partial charge in [-0.05, 0) is 18.6 Å². The van der Waals surface area contributed by atoms with Gasteiger partial charge in [-0.3, -0.25) is 9.59 Å². The van der Waals surface area contributed by atoms with Crippen molar-refractivity contribution in [2.24, 2.45) is 0 Å². The quantitative estimate of drug-likeness (QED) is 0.830. The summed E-state index contributed by atoms with van der Waals surface area (Å²) >= 11 is 5.58. The molecule has 1 saturated heterocycles. The lowest BCUT2D eigenvalue weighted by molar-refractivity contribution is -0.121. The van der Waals surface area contributed by atoms with Gasteiger partial charge in [-0.1, -0.05) is 0 Å². The number of benzene rings is 1. The van der Waals surface area contributed by atoms with Crippen LogP contribution in [0.15, 0.2) is 18.2 Å². The highest BCUT2D eigenvalue weighted by Crippen LogP contribution is 2.35. The van der Waals surface area contributed by atoms with E-state index < -0.39 is 0 Å². The van der Waals surface area contributed by atoms with Gasteiger partial charge in [0.05, 0.1) is 6.04 Å². The molecule has 0 radical (unpaired) electrons. The standard InChI is InChI=1S/C16H19ClN2O4/c17-5-1-2-15(20)18-11-8-16(21)19(10-11)12-3-4-13-14(9-12)23-7-6-22-13/h3-4,9,11H,1-2,5-8,10H2,(H,18,20)/t11-/m1/s1. The molecule has 2 heterocycles. The smallest absolute Gasteiger partial charge is 0.229 e. The Morgan fingerprint density at radius 3 is 2.87 bits per heavy atom. The minimum Gasteiger partial charge on any atom is -0.486 e. The Balaban J connectivity index is 1.65. The van der Waals surface area contributed by atoms with Crippen molar-refractivity contribution in [1.82, 2.24) is 5.32 Å². The Labute approximate surface area is 139 Å². The molecule has 124 valence electrons. The van der Waals surface area contributed by atoms with Crippen LogP contribution in [0, 0.1) is 0 Å². The first-order chi connectivity index (χ1) is 11.2. The molecule has 0 unspecified atom stereocenters. The van der Waals surface area contributed by atoms with Crippen LogP contribution in [-0.4, -0.2) is 43.5 Å². The fourth-order valence-corrected chi connectivity index (χ4v) is 2.91. The Hall–Kier alpha value is -1.95. The van der Waals surface area contributed by atoms with Crippen molar-refractivity contribution >= 4 is 29.1 Å². The lowest BCUT2D eigenvalue weighted by Crippen LogP contribution is -2.37. The number of anilines is 1. The van der Waals surface area contributed by atoms with E-state index in [1.54, 1.807) is 4.90 Å². The minimum atomic E-state index is -0.168. The molecule has 1 N–H and O–H groups in total. The van der Waals surface area contributed by atoms with Gasteiger partial charge in [0.15, 0.2) is 11.5 Å². The van der Waals surface area contributed by atoms with Crippen LogP contribution in [0.3, 0.4) is 0 Å². The number of alkyl halides is 1. The topological polar surface area (TPSA) is 67.9 Å². The number of amides is 2. The average Bonchev–Trinajstić information content (AvgIpc) is 2.92. The summed E-state index contributed by atoms with van der Waals surface area (Å²) < 4.78 is 11.0. The molecule has 1 aromatic carbocycles. The van der Waals surface area contributed by atoms with Crippen molar-refractivity contribution < 1.29 is 19.1 Å². The monoisotopic (exact) mass is 338 g/mol. The van der Waals surface area contributed by atoms with Crippen molar-refractivity contribution in [2.45, 2.75) is 25.3 Å². The average molecular weight is 339 g/mol. The van der Waals surface area contributed by atoms with Gasteiger partial charge in [0.1, 0.15) is 13.2 Å². The Morgan fingerprint density at radius 1 is 1.30 bits per heavy atom. The van der Waals surface area contributed by atoms with Gasteiger partial charge in [0.2, 0.25) is 11.8 Å². The highest BCUT2D eigenvalue weighted by atomic mass is 35.5. The van der Waals surface area contributed by atoms with Crippen molar-refractivity contribution in [3.63, 3.8) is 0 Å². The lowest BCUT2D eigenvalue weighted by atomic mass is 10.2. The van der Waals surface area contributed by atoms with E-state index in [0.717, 1.165) is 5.69 Å². The molecule has 0 spiro atoms. The summed E-state index contributed by atoms with van der Waals surface area (Å²) in [6.45, 7) is 1.50. The van der Waals surface area contributed by atoms with Crippen molar-refractivity contribution in [2.75, 3.05) is 30.5 Å². The van der Waals surface area contributed by atoms with Crippen LogP contribution < -0.4 is 19.7 Å². The van der Waals surface area contributed by atoms with E-state index in [9.17, 15) is 9.59 Å². The zero-order valence-electron chi connectivity index (χ0n) is 12.7.